The maximum atomic E-state index is 12.1. The zero-order chi connectivity index (χ0) is 22.1. The van der Waals surface area contributed by atoms with Gasteiger partial charge in [-0.15, -0.1) is 0 Å². The molecular formula is C23H21BrClN3O3. The Labute approximate surface area is 194 Å². The van der Waals surface area contributed by atoms with Crippen LogP contribution in [-0.4, -0.2) is 23.4 Å². The molecule has 2 N–H and O–H groups in total. The number of hydrogen-bond donors (Lipinski definition) is 2. The van der Waals surface area contributed by atoms with E-state index in [0.717, 1.165) is 10.0 Å². The van der Waals surface area contributed by atoms with Gasteiger partial charge in [0.05, 0.1) is 17.2 Å². The molecule has 1 heterocycles. The molecule has 0 bridgehead atoms. The van der Waals surface area contributed by atoms with Crippen LogP contribution in [0.1, 0.15) is 28.8 Å². The largest absolute Gasteiger partial charge is 0.492 e. The normalized spacial score (nSPS) is 10.4. The summed E-state index contributed by atoms with van der Waals surface area (Å²) in [5.74, 6) is 0.316. The van der Waals surface area contributed by atoms with Crippen molar-refractivity contribution in [3.63, 3.8) is 0 Å². The first kappa shape index (κ1) is 22.8. The van der Waals surface area contributed by atoms with E-state index >= 15 is 0 Å². The number of carbonyl (C=O) groups excluding carboxylic acids is 2. The molecule has 6 nitrogen and oxygen atoms in total. The number of nitrogens with one attached hydrogen (secondary N) is 2. The highest BCUT2D eigenvalue weighted by Crippen LogP contribution is 2.27. The molecule has 8 heteroatoms. The van der Waals surface area contributed by atoms with Crippen molar-refractivity contribution in [3.05, 3.63) is 87.6 Å². The van der Waals surface area contributed by atoms with Gasteiger partial charge in [-0.3, -0.25) is 14.6 Å². The Kier molecular flexibility index (Phi) is 8.44. The number of anilines is 1. The summed E-state index contributed by atoms with van der Waals surface area (Å²) in [4.78, 5) is 28.1. The average Bonchev–Trinajstić information content (AvgIpc) is 2.78. The first-order valence-corrected chi connectivity index (χ1v) is 10.8. The topological polar surface area (TPSA) is 80.3 Å². The lowest BCUT2D eigenvalue weighted by Gasteiger charge is -2.09. The molecule has 0 aliphatic carbocycles. The number of ether oxygens (including phenoxy) is 1. The Hall–Kier alpha value is -2.90. The van der Waals surface area contributed by atoms with Crippen LogP contribution in [0.4, 0.5) is 5.69 Å². The Morgan fingerprint density at radius 1 is 1.10 bits per heavy atom. The molecule has 160 valence electrons. The molecule has 31 heavy (non-hydrogen) atoms. The average molecular weight is 503 g/mol. The Balaban J connectivity index is 1.38. The van der Waals surface area contributed by atoms with Crippen LogP contribution < -0.4 is 15.4 Å². The van der Waals surface area contributed by atoms with Crippen LogP contribution in [0.3, 0.4) is 0 Å². The molecule has 0 saturated heterocycles. The molecule has 1 aromatic heterocycles. The molecule has 0 atom stereocenters. The fourth-order valence-electron chi connectivity index (χ4n) is 2.72. The molecule has 0 aliphatic heterocycles. The first-order chi connectivity index (χ1) is 15.0. The number of nitrogens with zero attached hydrogens (tertiary/aromatic N) is 1. The molecule has 3 aromatic rings. The van der Waals surface area contributed by atoms with Crippen LogP contribution in [0.2, 0.25) is 5.02 Å². The SMILES string of the molecule is O=C(CCCOc1ccc(Br)cc1Cl)Nc1ccc(CNC(=O)c2cccnc2)cc1. The standard InChI is InChI=1S/C23H21BrClN3O3/c24-18-7-10-21(20(25)13-18)31-12-2-4-22(29)28-19-8-5-16(6-9-19)14-27-23(30)17-3-1-11-26-15-17/h1,3,5-11,13,15H,2,4,12,14H2,(H,27,30)(H,28,29). The smallest absolute Gasteiger partial charge is 0.253 e. The molecule has 3 rings (SSSR count). The number of amides is 2. The van der Waals surface area contributed by atoms with E-state index in [2.05, 4.69) is 31.5 Å². The van der Waals surface area contributed by atoms with Gasteiger partial charge in [0.15, 0.2) is 0 Å². The summed E-state index contributed by atoms with van der Waals surface area (Å²) in [5.41, 5.74) is 2.14. The van der Waals surface area contributed by atoms with Gasteiger partial charge >= 0.3 is 0 Å². The fraction of sp³-hybridized carbons (Fsp3) is 0.174. The molecule has 0 unspecified atom stereocenters. The number of halogens is 2. The van der Waals surface area contributed by atoms with Crippen LogP contribution in [0.15, 0.2) is 71.5 Å². The lowest BCUT2D eigenvalue weighted by molar-refractivity contribution is -0.116. The second-order valence-corrected chi connectivity index (χ2v) is 8.02. The van der Waals surface area contributed by atoms with E-state index in [1.165, 1.54) is 6.20 Å². The summed E-state index contributed by atoms with van der Waals surface area (Å²) in [5, 5.41) is 6.22. The monoisotopic (exact) mass is 501 g/mol. The van der Waals surface area contributed by atoms with Crippen molar-refractivity contribution in [2.75, 3.05) is 11.9 Å². The third kappa shape index (κ3) is 7.38. The Morgan fingerprint density at radius 2 is 1.90 bits per heavy atom. The van der Waals surface area contributed by atoms with E-state index in [-0.39, 0.29) is 11.8 Å². The highest BCUT2D eigenvalue weighted by molar-refractivity contribution is 9.10. The highest BCUT2D eigenvalue weighted by atomic mass is 79.9. The van der Waals surface area contributed by atoms with Gasteiger partial charge in [-0.05, 0) is 54.4 Å². The van der Waals surface area contributed by atoms with Gasteiger partial charge in [-0.25, -0.2) is 0 Å². The Bertz CT molecular complexity index is 1030. The van der Waals surface area contributed by atoms with Crippen molar-refractivity contribution >= 4 is 45.0 Å². The summed E-state index contributed by atoms with van der Waals surface area (Å²) < 4.78 is 6.50. The predicted octanol–water partition coefficient (Wildman–Crippen LogP) is 5.23. The summed E-state index contributed by atoms with van der Waals surface area (Å²) in [6.45, 7) is 0.780. The van der Waals surface area contributed by atoms with Crippen molar-refractivity contribution < 1.29 is 14.3 Å². The summed E-state index contributed by atoms with van der Waals surface area (Å²) in [6.07, 6.45) is 4.04. The van der Waals surface area contributed by atoms with Crippen molar-refractivity contribution in [1.82, 2.24) is 10.3 Å². The maximum Gasteiger partial charge on any atom is 0.253 e. The number of hydrogen-bond acceptors (Lipinski definition) is 4. The highest BCUT2D eigenvalue weighted by Gasteiger charge is 2.07. The van der Waals surface area contributed by atoms with Crippen molar-refractivity contribution in [2.24, 2.45) is 0 Å². The molecular weight excluding hydrogens is 482 g/mol. The van der Waals surface area contributed by atoms with E-state index < -0.39 is 0 Å². The van der Waals surface area contributed by atoms with Gasteiger partial charge in [0.2, 0.25) is 5.91 Å². The fourth-order valence-corrected chi connectivity index (χ4v) is 3.45. The van der Waals surface area contributed by atoms with Gasteiger partial charge < -0.3 is 15.4 Å². The number of carbonyl (C=O) groups is 2. The number of aromatic nitrogens is 1. The zero-order valence-corrected chi connectivity index (χ0v) is 18.9. The molecule has 0 radical (unpaired) electrons. The van der Waals surface area contributed by atoms with Crippen molar-refractivity contribution in [2.45, 2.75) is 19.4 Å². The van der Waals surface area contributed by atoms with Gasteiger partial charge in [-0.1, -0.05) is 39.7 Å². The summed E-state index contributed by atoms with van der Waals surface area (Å²) in [6, 6.07) is 16.2. The third-order valence-corrected chi connectivity index (χ3v) is 5.10. The lowest BCUT2D eigenvalue weighted by atomic mass is 10.2. The molecule has 0 aliphatic rings. The minimum Gasteiger partial charge on any atom is -0.492 e. The minimum atomic E-state index is -0.183. The van der Waals surface area contributed by atoms with Crippen LogP contribution in [-0.2, 0) is 11.3 Å². The van der Waals surface area contributed by atoms with Gasteiger partial charge in [0.25, 0.3) is 5.91 Å². The van der Waals surface area contributed by atoms with Gasteiger partial charge in [0.1, 0.15) is 5.75 Å². The molecule has 2 amide bonds. The van der Waals surface area contributed by atoms with E-state index in [1.807, 2.05) is 30.3 Å². The van der Waals surface area contributed by atoms with Crippen LogP contribution in [0, 0.1) is 0 Å². The molecule has 0 spiro atoms. The lowest BCUT2D eigenvalue weighted by Crippen LogP contribution is -2.22. The van der Waals surface area contributed by atoms with E-state index in [1.54, 1.807) is 30.5 Å². The quantitative estimate of drug-likeness (QED) is 0.393. The Morgan fingerprint density at radius 3 is 2.61 bits per heavy atom. The van der Waals surface area contributed by atoms with Crippen LogP contribution in [0.5, 0.6) is 5.75 Å². The predicted molar refractivity (Wildman–Crippen MR) is 124 cm³/mol. The second-order valence-electron chi connectivity index (χ2n) is 6.70. The van der Waals surface area contributed by atoms with E-state index in [0.29, 0.717) is 48.0 Å². The molecule has 0 fully saturated rings. The summed E-state index contributed by atoms with van der Waals surface area (Å²) in [7, 11) is 0. The molecule has 2 aromatic carbocycles. The number of pyridine rings is 1. The van der Waals surface area contributed by atoms with E-state index in [4.69, 9.17) is 16.3 Å². The summed E-state index contributed by atoms with van der Waals surface area (Å²) >= 11 is 9.45. The first-order valence-electron chi connectivity index (χ1n) is 9.66. The van der Waals surface area contributed by atoms with Gasteiger partial charge in [0, 0.05) is 35.5 Å². The maximum absolute atomic E-state index is 12.1. The molecule has 0 saturated carbocycles. The van der Waals surface area contributed by atoms with E-state index in [9.17, 15) is 9.59 Å². The van der Waals surface area contributed by atoms with Crippen LogP contribution in [0.25, 0.3) is 0 Å². The number of rotatable bonds is 9. The van der Waals surface area contributed by atoms with Gasteiger partial charge in [-0.2, -0.15) is 0 Å². The van der Waals surface area contributed by atoms with Crippen molar-refractivity contribution in [3.8, 4) is 5.75 Å². The zero-order valence-electron chi connectivity index (χ0n) is 16.6. The number of benzene rings is 2. The van der Waals surface area contributed by atoms with Crippen molar-refractivity contribution in [1.29, 1.82) is 0 Å². The third-order valence-electron chi connectivity index (χ3n) is 4.31. The van der Waals surface area contributed by atoms with Crippen LogP contribution >= 0.6 is 27.5 Å². The second kappa shape index (κ2) is 11.5. The minimum absolute atomic E-state index is 0.0943.